The van der Waals surface area contributed by atoms with Crippen molar-refractivity contribution in [3.8, 4) is 22.1 Å². The summed E-state index contributed by atoms with van der Waals surface area (Å²) in [5.74, 6) is -1.51. The van der Waals surface area contributed by atoms with Crippen molar-refractivity contribution in [3.05, 3.63) is 97.8 Å². The molecule has 4 aromatic rings. The molecule has 0 radical (unpaired) electrons. The predicted molar refractivity (Wildman–Crippen MR) is 115 cm³/mol. The number of hydrogen-bond acceptors (Lipinski definition) is 6. The van der Waals surface area contributed by atoms with Crippen molar-refractivity contribution in [2.45, 2.75) is 13.2 Å². The van der Waals surface area contributed by atoms with Gasteiger partial charge in [-0.15, -0.1) is 11.3 Å². The van der Waals surface area contributed by atoms with Crippen LogP contribution in [0.4, 0.5) is 8.78 Å². The van der Waals surface area contributed by atoms with E-state index in [4.69, 9.17) is 9.47 Å². The van der Waals surface area contributed by atoms with E-state index in [1.807, 2.05) is 0 Å². The first-order chi connectivity index (χ1) is 15.4. The van der Waals surface area contributed by atoms with Crippen LogP contribution in [0.2, 0.25) is 0 Å². The molecule has 0 aliphatic heterocycles. The molecule has 0 unspecified atom stereocenters. The van der Waals surface area contributed by atoms with Crippen LogP contribution < -0.4 is 20.7 Å². The lowest BCUT2D eigenvalue weighted by Crippen LogP contribution is -2.28. The van der Waals surface area contributed by atoms with Gasteiger partial charge in [0.15, 0.2) is 17.4 Å². The molecule has 4 rings (SSSR count). The molecule has 0 aliphatic rings. The molecule has 0 saturated carbocycles. The number of H-pyrrole nitrogens is 1. The number of rotatable bonds is 7. The van der Waals surface area contributed by atoms with Crippen LogP contribution in [0.15, 0.2) is 64.4 Å². The molecule has 0 amide bonds. The molecule has 10 heteroatoms. The molecule has 1 N–H and O–H groups in total. The third-order valence-corrected chi connectivity index (χ3v) is 5.61. The third-order valence-electron chi connectivity index (χ3n) is 4.60. The quantitative estimate of drug-likeness (QED) is 0.459. The first kappa shape index (κ1) is 21.4. The summed E-state index contributed by atoms with van der Waals surface area (Å²) in [6.45, 7) is 0.121. The number of benzene rings is 2. The summed E-state index contributed by atoms with van der Waals surface area (Å²) in [6.07, 6.45) is 2.86. The van der Waals surface area contributed by atoms with E-state index in [1.54, 1.807) is 31.4 Å². The van der Waals surface area contributed by atoms with E-state index in [-0.39, 0.29) is 18.7 Å². The fraction of sp³-hybridized carbons (Fsp3) is 0.136. The zero-order valence-electron chi connectivity index (χ0n) is 16.8. The van der Waals surface area contributed by atoms with Gasteiger partial charge in [-0.1, -0.05) is 12.1 Å². The van der Waals surface area contributed by atoms with Crippen molar-refractivity contribution in [1.82, 2.24) is 14.5 Å². The summed E-state index contributed by atoms with van der Waals surface area (Å²) in [7, 11) is 1.55. The highest BCUT2D eigenvalue weighted by atomic mass is 32.1. The number of methoxy groups -OCH3 is 1. The molecule has 0 spiro atoms. The van der Waals surface area contributed by atoms with Crippen LogP contribution in [-0.4, -0.2) is 21.6 Å². The van der Waals surface area contributed by atoms with Crippen LogP contribution >= 0.6 is 11.3 Å². The van der Waals surface area contributed by atoms with Gasteiger partial charge in [0.1, 0.15) is 17.4 Å². The minimum atomic E-state index is -0.861. The Morgan fingerprint density at radius 3 is 2.59 bits per heavy atom. The Balaban J connectivity index is 1.55. The Bertz CT molecular complexity index is 1360. The van der Waals surface area contributed by atoms with Gasteiger partial charge in [-0.05, 0) is 29.8 Å². The average Bonchev–Trinajstić information content (AvgIpc) is 3.24. The summed E-state index contributed by atoms with van der Waals surface area (Å²) >= 11 is 1.15. The molecule has 0 aliphatic carbocycles. The largest absolute Gasteiger partial charge is 0.497 e. The number of thiazole rings is 1. The number of nitrogens with one attached hydrogen (secondary N) is 1. The maximum atomic E-state index is 15.1. The number of halogens is 2. The number of nitrogens with zero attached hydrogens (tertiary/aromatic N) is 2. The van der Waals surface area contributed by atoms with Crippen molar-refractivity contribution in [1.29, 1.82) is 0 Å². The summed E-state index contributed by atoms with van der Waals surface area (Å²) in [5, 5.41) is 0.310. The van der Waals surface area contributed by atoms with E-state index in [1.165, 1.54) is 29.1 Å². The van der Waals surface area contributed by atoms with Crippen molar-refractivity contribution in [2.75, 3.05) is 7.11 Å². The number of ether oxygens (including phenoxy) is 2. The van der Waals surface area contributed by atoms with Gasteiger partial charge in [0, 0.05) is 23.3 Å². The van der Waals surface area contributed by atoms with Crippen molar-refractivity contribution in [3.63, 3.8) is 0 Å². The molecular weight excluding hydrogens is 440 g/mol. The second kappa shape index (κ2) is 9.15. The van der Waals surface area contributed by atoms with Gasteiger partial charge in [0.05, 0.1) is 19.2 Å². The van der Waals surface area contributed by atoms with Crippen LogP contribution in [-0.2, 0) is 13.2 Å². The van der Waals surface area contributed by atoms with Crippen LogP contribution in [0.25, 0.3) is 10.6 Å². The van der Waals surface area contributed by atoms with E-state index in [9.17, 15) is 14.0 Å². The number of aromatic nitrogens is 3. The van der Waals surface area contributed by atoms with Gasteiger partial charge < -0.3 is 9.47 Å². The second-order valence-corrected chi connectivity index (χ2v) is 7.86. The zero-order valence-corrected chi connectivity index (χ0v) is 17.6. The van der Waals surface area contributed by atoms with Gasteiger partial charge in [-0.2, -0.15) is 0 Å². The topological polar surface area (TPSA) is 86.2 Å². The van der Waals surface area contributed by atoms with Crippen molar-refractivity contribution in [2.24, 2.45) is 0 Å². The summed E-state index contributed by atoms with van der Waals surface area (Å²) < 4.78 is 41.1. The summed E-state index contributed by atoms with van der Waals surface area (Å²) in [4.78, 5) is 30.0. The molecule has 164 valence electrons. The maximum absolute atomic E-state index is 15.1. The molecule has 32 heavy (non-hydrogen) atoms. The minimum absolute atomic E-state index is 0.0282. The second-order valence-electron chi connectivity index (χ2n) is 6.74. The van der Waals surface area contributed by atoms with E-state index in [0.29, 0.717) is 15.6 Å². The van der Waals surface area contributed by atoms with E-state index in [2.05, 4.69) is 9.97 Å². The Morgan fingerprint density at radius 2 is 1.88 bits per heavy atom. The van der Waals surface area contributed by atoms with Crippen LogP contribution in [0.3, 0.4) is 0 Å². The highest BCUT2D eigenvalue weighted by molar-refractivity contribution is 7.15. The average molecular weight is 457 g/mol. The Hall–Kier alpha value is -3.79. The van der Waals surface area contributed by atoms with Crippen molar-refractivity contribution >= 4 is 11.3 Å². The molecule has 2 aromatic carbocycles. The van der Waals surface area contributed by atoms with Gasteiger partial charge >= 0.3 is 5.69 Å². The highest BCUT2D eigenvalue weighted by Crippen LogP contribution is 2.34. The Morgan fingerprint density at radius 1 is 1.09 bits per heavy atom. The highest BCUT2D eigenvalue weighted by Gasteiger charge is 2.19. The molecule has 7 nitrogen and oxygen atoms in total. The lowest BCUT2D eigenvalue weighted by molar-refractivity contribution is 0.274. The predicted octanol–water partition coefficient (Wildman–Crippen LogP) is 3.57. The van der Waals surface area contributed by atoms with Gasteiger partial charge in [-0.3, -0.25) is 14.3 Å². The third kappa shape index (κ3) is 4.59. The molecule has 2 aromatic heterocycles. The standard InChI is InChI=1S/C22H17F2N3O4S/c1-30-14-4-2-13(3-5-14)12-31-20-17(23)7-6-16(19(20)24)21-25-10-15(32-21)11-27-9-8-18(28)26-22(27)29/h2-10H,11-12H2,1H3,(H,26,28,29). The number of aromatic amines is 1. The normalized spacial score (nSPS) is 10.8. The Labute approximate surface area is 184 Å². The first-order valence-electron chi connectivity index (χ1n) is 9.43. The molecule has 0 saturated heterocycles. The lowest BCUT2D eigenvalue weighted by atomic mass is 10.2. The molecular formula is C22H17F2N3O4S. The minimum Gasteiger partial charge on any atom is -0.497 e. The van der Waals surface area contributed by atoms with Crippen LogP contribution in [0, 0.1) is 11.6 Å². The molecule has 0 bridgehead atoms. The first-order valence-corrected chi connectivity index (χ1v) is 10.2. The Kier molecular flexibility index (Phi) is 6.13. The van der Waals surface area contributed by atoms with E-state index >= 15 is 4.39 Å². The van der Waals surface area contributed by atoms with E-state index in [0.717, 1.165) is 23.0 Å². The van der Waals surface area contributed by atoms with Crippen LogP contribution in [0.1, 0.15) is 10.4 Å². The van der Waals surface area contributed by atoms with Crippen molar-refractivity contribution < 1.29 is 18.3 Å². The zero-order chi connectivity index (χ0) is 22.7. The summed E-state index contributed by atoms with van der Waals surface area (Å²) in [6, 6.07) is 10.6. The fourth-order valence-electron chi connectivity index (χ4n) is 2.95. The molecule has 2 heterocycles. The van der Waals surface area contributed by atoms with Gasteiger partial charge in [0.2, 0.25) is 0 Å². The molecule has 0 fully saturated rings. The number of hydrogen-bond donors (Lipinski definition) is 1. The molecule has 0 atom stereocenters. The van der Waals surface area contributed by atoms with Crippen LogP contribution in [0.5, 0.6) is 11.5 Å². The smallest absolute Gasteiger partial charge is 0.328 e. The summed E-state index contributed by atoms with van der Waals surface area (Å²) in [5.41, 5.74) is -0.250. The fourth-order valence-corrected chi connectivity index (χ4v) is 3.88. The SMILES string of the molecule is COc1ccc(COc2c(F)ccc(-c3ncc(Cn4ccc(=O)[nH]c4=O)s3)c2F)cc1. The lowest BCUT2D eigenvalue weighted by Gasteiger charge is -2.11. The van der Waals surface area contributed by atoms with Gasteiger partial charge in [0.25, 0.3) is 5.56 Å². The maximum Gasteiger partial charge on any atom is 0.328 e. The van der Waals surface area contributed by atoms with E-state index < -0.39 is 28.6 Å². The van der Waals surface area contributed by atoms with Gasteiger partial charge in [-0.25, -0.2) is 18.6 Å². The monoisotopic (exact) mass is 457 g/mol.